The van der Waals surface area contributed by atoms with Crippen LogP contribution in [0.2, 0.25) is 0 Å². The Kier molecular flexibility index (Phi) is 3.97. The third-order valence-corrected chi connectivity index (χ3v) is 2.61. The minimum atomic E-state index is -0.286. The van der Waals surface area contributed by atoms with E-state index >= 15 is 0 Å². The van der Waals surface area contributed by atoms with Crippen LogP contribution in [0.4, 0.5) is 5.69 Å². The van der Waals surface area contributed by atoms with Gasteiger partial charge in [0.05, 0.1) is 12.2 Å². The lowest BCUT2D eigenvalue weighted by Crippen LogP contribution is -2.07. The molecule has 0 fully saturated rings. The molecule has 3 nitrogen and oxygen atoms in total. The lowest BCUT2D eigenvalue weighted by Gasteiger charge is -2.05. The van der Waals surface area contributed by atoms with Gasteiger partial charge in [-0.25, -0.2) is 4.79 Å². The van der Waals surface area contributed by atoms with Gasteiger partial charge in [-0.1, -0.05) is 30.3 Å². The van der Waals surface area contributed by atoms with Crippen molar-refractivity contribution in [2.24, 2.45) is 0 Å². The molecule has 0 heterocycles. The predicted molar refractivity (Wildman–Crippen MR) is 71.3 cm³/mol. The number of benzene rings is 2. The van der Waals surface area contributed by atoms with Crippen molar-refractivity contribution in [3.8, 4) is 0 Å². The van der Waals surface area contributed by atoms with Crippen LogP contribution in [0, 0.1) is 0 Å². The van der Waals surface area contributed by atoms with Gasteiger partial charge in [0.1, 0.15) is 0 Å². The summed E-state index contributed by atoms with van der Waals surface area (Å²) in [5.74, 6) is -0.286. The molecule has 0 spiro atoms. The Bertz CT molecular complexity index is 506. The van der Waals surface area contributed by atoms with Crippen LogP contribution in [-0.4, -0.2) is 12.6 Å². The standard InChI is InChI=1S/C15H15NO2/c16-14-8-6-12(7-9-14)10-11-18-15(17)13-4-2-1-3-5-13/h1-9H,10-11,16H2. The number of hydrogen-bond donors (Lipinski definition) is 1. The summed E-state index contributed by atoms with van der Waals surface area (Å²) in [6.45, 7) is 0.373. The molecule has 0 aliphatic heterocycles. The predicted octanol–water partition coefficient (Wildman–Crippen LogP) is 2.67. The molecule has 0 aromatic heterocycles. The summed E-state index contributed by atoms with van der Waals surface area (Å²) >= 11 is 0. The minimum absolute atomic E-state index is 0.286. The van der Waals surface area contributed by atoms with Crippen LogP contribution in [0.15, 0.2) is 54.6 Å². The van der Waals surface area contributed by atoms with Crippen LogP contribution in [0.3, 0.4) is 0 Å². The zero-order valence-electron chi connectivity index (χ0n) is 10.0. The van der Waals surface area contributed by atoms with Crippen LogP contribution in [-0.2, 0) is 11.2 Å². The smallest absolute Gasteiger partial charge is 0.338 e. The van der Waals surface area contributed by atoms with Crippen molar-refractivity contribution in [3.05, 3.63) is 65.7 Å². The van der Waals surface area contributed by atoms with E-state index in [1.54, 1.807) is 12.1 Å². The lowest BCUT2D eigenvalue weighted by molar-refractivity contribution is 0.0509. The molecule has 2 aromatic rings. The highest BCUT2D eigenvalue weighted by Crippen LogP contribution is 2.07. The molecule has 0 unspecified atom stereocenters. The quantitative estimate of drug-likeness (QED) is 0.661. The number of carbonyl (C=O) groups excluding carboxylic acids is 1. The molecule has 0 aliphatic rings. The Labute approximate surface area is 106 Å². The van der Waals surface area contributed by atoms with E-state index < -0.39 is 0 Å². The summed E-state index contributed by atoms with van der Waals surface area (Å²) < 4.78 is 5.19. The summed E-state index contributed by atoms with van der Waals surface area (Å²) in [5, 5.41) is 0. The van der Waals surface area contributed by atoms with Gasteiger partial charge in [0, 0.05) is 12.1 Å². The molecule has 0 atom stereocenters. The number of hydrogen-bond acceptors (Lipinski definition) is 3. The highest BCUT2D eigenvalue weighted by atomic mass is 16.5. The van der Waals surface area contributed by atoms with Gasteiger partial charge < -0.3 is 10.5 Å². The van der Waals surface area contributed by atoms with Gasteiger partial charge in [0.2, 0.25) is 0 Å². The molecule has 0 bridgehead atoms. The Morgan fingerprint density at radius 2 is 1.67 bits per heavy atom. The average Bonchev–Trinajstić information content (AvgIpc) is 2.42. The zero-order chi connectivity index (χ0) is 12.8. The van der Waals surface area contributed by atoms with Crippen LogP contribution in [0.1, 0.15) is 15.9 Å². The summed E-state index contributed by atoms with van der Waals surface area (Å²) in [7, 11) is 0. The fourth-order valence-corrected chi connectivity index (χ4v) is 1.60. The maximum atomic E-state index is 11.6. The van der Waals surface area contributed by atoms with Gasteiger partial charge in [-0.15, -0.1) is 0 Å². The number of esters is 1. The second-order valence-electron chi connectivity index (χ2n) is 3.99. The van der Waals surface area contributed by atoms with E-state index in [-0.39, 0.29) is 5.97 Å². The van der Waals surface area contributed by atoms with Gasteiger partial charge in [0.25, 0.3) is 0 Å². The average molecular weight is 241 g/mol. The van der Waals surface area contributed by atoms with Crippen molar-refractivity contribution in [1.29, 1.82) is 0 Å². The number of rotatable bonds is 4. The van der Waals surface area contributed by atoms with Crippen molar-refractivity contribution in [2.45, 2.75) is 6.42 Å². The number of carbonyl (C=O) groups is 1. The first-order valence-electron chi connectivity index (χ1n) is 5.82. The SMILES string of the molecule is Nc1ccc(CCOC(=O)c2ccccc2)cc1. The number of nitrogens with two attached hydrogens (primary N) is 1. The van der Waals surface area contributed by atoms with E-state index in [4.69, 9.17) is 10.5 Å². The summed E-state index contributed by atoms with van der Waals surface area (Å²) in [4.78, 5) is 11.6. The van der Waals surface area contributed by atoms with E-state index in [0.29, 0.717) is 18.6 Å². The van der Waals surface area contributed by atoms with Gasteiger partial charge in [-0.3, -0.25) is 0 Å². The maximum absolute atomic E-state index is 11.6. The molecule has 0 amide bonds. The topological polar surface area (TPSA) is 52.3 Å². The Balaban J connectivity index is 1.82. The molecule has 3 heteroatoms. The van der Waals surface area contributed by atoms with E-state index in [2.05, 4.69) is 0 Å². The van der Waals surface area contributed by atoms with E-state index in [1.165, 1.54) is 0 Å². The maximum Gasteiger partial charge on any atom is 0.338 e. The normalized spacial score (nSPS) is 10.0. The van der Waals surface area contributed by atoms with Crippen molar-refractivity contribution in [1.82, 2.24) is 0 Å². The minimum Gasteiger partial charge on any atom is -0.462 e. The highest BCUT2D eigenvalue weighted by molar-refractivity contribution is 5.89. The summed E-state index contributed by atoms with van der Waals surface area (Å²) in [6, 6.07) is 16.5. The number of nitrogen functional groups attached to an aromatic ring is 1. The fourth-order valence-electron chi connectivity index (χ4n) is 1.60. The third-order valence-electron chi connectivity index (χ3n) is 2.61. The monoisotopic (exact) mass is 241 g/mol. The van der Waals surface area contributed by atoms with Crippen molar-refractivity contribution < 1.29 is 9.53 Å². The largest absolute Gasteiger partial charge is 0.462 e. The second-order valence-corrected chi connectivity index (χ2v) is 3.99. The highest BCUT2D eigenvalue weighted by Gasteiger charge is 2.05. The first-order valence-corrected chi connectivity index (χ1v) is 5.82. The molecule has 2 N–H and O–H groups in total. The van der Waals surface area contributed by atoms with Gasteiger partial charge in [0.15, 0.2) is 0 Å². The summed E-state index contributed by atoms with van der Waals surface area (Å²) in [6.07, 6.45) is 0.693. The van der Waals surface area contributed by atoms with Crippen molar-refractivity contribution in [3.63, 3.8) is 0 Å². The summed E-state index contributed by atoms with van der Waals surface area (Å²) in [5.41, 5.74) is 8.01. The Hall–Kier alpha value is -2.29. The zero-order valence-corrected chi connectivity index (χ0v) is 10.0. The van der Waals surface area contributed by atoms with Crippen molar-refractivity contribution >= 4 is 11.7 Å². The van der Waals surface area contributed by atoms with Crippen LogP contribution in [0.5, 0.6) is 0 Å². The third kappa shape index (κ3) is 3.35. The number of ether oxygens (including phenoxy) is 1. The van der Waals surface area contributed by atoms with E-state index in [9.17, 15) is 4.79 Å². The molecule has 0 saturated heterocycles. The van der Waals surface area contributed by atoms with Crippen LogP contribution >= 0.6 is 0 Å². The van der Waals surface area contributed by atoms with Gasteiger partial charge in [-0.2, -0.15) is 0 Å². The molecule has 0 aliphatic carbocycles. The molecule has 0 saturated carbocycles. The van der Waals surface area contributed by atoms with Gasteiger partial charge in [-0.05, 0) is 29.8 Å². The number of anilines is 1. The first-order chi connectivity index (χ1) is 8.75. The van der Waals surface area contributed by atoms with Crippen molar-refractivity contribution in [2.75, 3.05) is 12.3 Å². The molecule has 18 heavy (non-hydrogen) atoms. The van der Waals surface area contributed by atoms with E-state index in [1.807, 2.05) is 42.5 Å². The first kappa shape index (κ1) is 12.2. The molecule has 2 rings (SSSR count). The molecule has 2 aromatic carbocycles. The molecule has 92 valence electrons. The molecule has 0 radical (unpaired) electrons. The van der Waals surface area contributed by atoms with Crippen LogP contribution in [0.25, 0.3) is 0 Å². The second kappa shape index (κ2) is 5.87. The van der Waals surface area contributed by atoms with Crippen LogP contribution < -0.4 is 5.73 Å². The molecular formula is C15H15NO2. The fraction of sp³-hybridized carbons (Fsp3) is 0.133. The Morgan fingerprint density at radius 3 is 2.33 bits per heavy atom. The molecular weight excluding hydrogens is 226 g/mol. The van der Waals surface area contributed by atoms with E-state index in [0.717, 1.165) is 11.3 Å². The Morgan fingerprint density at radius 1 is 1.00 bits per heavy atom. The lowest BCUT2D eigenvalue weighted by atomic mass is 10.1. The van der Waals surface area contributed by atoms with Gasteiger partial charge >= 0.3 is 5.97 Å².